The second kappa shape index (κ2) is 3.46. The van der Waals surface area contributed by atoms with Crippen LogP contribution in [-0.2, 0) is 9.47 Å². The van der Waals surface area contributed by atoms with Gasteiger partial charge in [0.1, 0.15) is 12.2 Å². The van der Waals surface area contributed by atoms with Crippen LogP contribution in [0.3, 0.4) is 0 Å². The van der Waals surface area contributed by atoms with Crippen molar-refractivity contribution < 1.29 is 19.7 Å². The molecule has 0 aromatic rings. The fourth-order valence-electron chi connectivity index (χ4n) is 1.02. The number of methoxy groups -OCH3 is 1. The van der Waals surface area contributed by atoms with Crippen LogP contribution in [0.1, 0.15) is 0 Å². The molecular formula is C6H13NO4. The smallest absolute Gasteiger partial charge is 0.185 e. The van der Waals surface area contributed by atoms with Gasteiger partial charge in [-0.1, -0.05) is 0 Å². The maximum Gasteiger partial charge on any atom is 0.185 e. The van der Waals surface area contributed by atoms with E-state index < -0.39 is 24.5 Å². The largest absolute Gasteiger partial charge is 0.388 e. The molecule has 1 heterocycles. The van der Waals surface area contributed by atoms with Gasteiger partial charge < -0.3 is 25.4 Å². The third kappa shape index (κ3) is 1.69. The van der Waals surface area contributed by atoms with Crippen LogP contribution in [0.25, 0.3) is 0 Å². The molecule has 1 aliphatic heterocycles. The van der Waals surface area contributed by atoms with Crippen LogP contribution < -0.4 is 5.73 Å². The molecule has 0 amide bonds. The summed E-state index contributed by atoms with van der Waals surface area (Å²) in [6.45, 7) is 0.205. The molecule has 2 unspecified atom stereocenters. The van der Waals surface area contributed by atoms with Gasteiger partial charge in [-0.05, 0) is 0 Å². The first-order valence-corrected chi connectivity index (χ1v) is 3.43. The highest BCUT2D eigenvalue weighted by Crippen LogP contribution is 2.14. The normalized spacial score (nSPS) is 45.8. The summed E-state index contributed by atoms with van der Waals surface area (Å²) in [5.41, 5.74) is 5.40. The maximum atomic E-state index is 9.23. The van der Waals surface area contributed by atoms with E-state index in [0.29, 0.717) is 0 Å². The number of nitrogens with two attached hydrogens (primary N) is 1. The fourth-order valence-corrected chi connectivity index (χ4v) is 1.02. The first kappa shape index (κ1) is 8.89. The summed E-state index contributed by atoms with van der Waals surface area (Å²) in [6, 6.07) is -0.531. The van der Waals surface area contributed by atoms with Crippen LogP contribution >= 0.6 is 0 Å². The molecule has 0 aliphatic carbocycles. The van der Waals surface area contributed by atoms with Crippen molar-refractivity contribution in [2.75, 3.05) is 13.7 Å². The van der Waals surface area contributed by atoms with Crippen LogP contribution in [0.2, 0.25) is 0 Å². The van der Waals surface area contributed by atoms with E-state index in [1.165, 1.54) is 7.11 Å². The number of rotatable bonds is 1. The van der Waals surface area contributed by atoms with Crippen LogP contribution in [0.15, 0.2) is 0 Å². The highest BCUT2D eigenvalue weighted by atomic mass is 16.7. The summed E-state index contributed by atoms with van der Waals surface area (Å²) in [7, 11) is 1.40. The quantitative estimate of drug-likeness (QED) is 0.418. The molecular weight excluding hydrogens is 150 g/mol. The maximum absolute atomic E-state index is 9.23. The monoisotopic (exact) mass is 163 g/mol. The minimum atomic E-state index is -1.05. The number of ether oxygens (including phenoxy) is 2. The lowest BCUT2D eigenvalue weighted by molar-refractivity contribution is -0.237. The summed E-state index contributed by atoms with van der Waals surface area (Å²) in [5, 5.41) is 18.4. The van der Waals surface area contributed by atoms with Gasteiger partial charge in [0.2, 0.25) is 0 Å². The molecule has 4 atom stereocenters. The topological polar surface area (TPSA) is 84.9 Å². The van der Waals surface area contributed by atoms with Gasteiger partial charge in [-0.3, -0.25) is 0 Å². The van der Waals surface area contributed by atoms with E-state index in [1.807, 2.05) is 0 Å². The van der Waals surface area contributed by atoms with Crippen molar-refractivity contribution in [1.82, 2.24) is 0 Å². The van der Waals surface area contributed by atoms with E-state index in [2.05, 4.69) is 0 Å². The molecule has 1 aliphatic rings. The minimum absolute atomic E-state index is 0.205. The third-order valence-corrected chi connectivity index (χ3v) is 1.75. The summed E-state index contributed by atoms with van der Waals surface area (Å²) in [5.74, 6) is 0. The Hall–Kier alpha value is -0.200. The van der Waals surface area contributed by atoms with E-state index in [-0.39, 0.29) is 6.61 Å². The fraction of sp³-hybridized carbons (Fsp3) is 1.00. The Morgan fingerprint density at radius 1 is 1.45 bits per heavy atom. The van der Waals surface area contributed by atoms with E-state index in [9.17, 15) is 10.2 Å². The molecule has 1 saturated heterocycles. The van der Waals surface area contributed by atoms with Gasteiger partial charge in [0.05, 0.1) is 12.6 Å². The zero-order chi connectivity index (χ0) is 8.43. The molecule has 1 rings (SSSR count). The van der Waals surface area contributed by atoms with E-state index >= 15 is 0 Å². The number of aliphatic hydroxyl groups excluding tert-OH is 2. The summed E-state index contributed by atoms with van der Waals surface area (Å²) in [6.07, 6.45) is -2.78. The molecule has 0 aromatic carbocycles. The predicted octanol–water partition coefficient (Wildman–Crippen LogP) is -1.96. The molecule has 11 heavy (non-hydrogen) atoms. The van der Waals surface area contributed by atoms with E-state index in [1.54, 1.807) is 0 Å². The van der Waals surface area contributed by atoms with Crippen molar-refractivity contribution in [1.29, 1.82) is 0 Å². The van der Waals surface area contributed by atoms with Crippen molar-refractivity contribution >= 4 is 0 Å². The lowest BCUT2D eigenvalue weighted by atomic mass is 10.0. The second-order valence-corrected chi connectivity index (χ2v) is 2.58. The highest BCUT2D eigenvalue weighted by Gasteiger charge is 2.36. The molecule has 4 N–H and O–H groups in total. The van der Waals surface area contributed by atoms with Gasteiger partial charge >= 0.3 is 0 Å². The lowest BCUT2D eigenvalue weighted by Crippen LogP contribution is -2.56. The van der Waals surface area contributed by atoms with Crippen molar-refractivity contribution in [3.05, 3.63) is 0 Å². The minimum Gasteiger partial charge on any atom is -0.388 e. The summed E-state index contributed by atoms with van der Waals surface area (Å²) in [4.78, 5) is 0. The Morgan fingerprint density at radius 2 is 2.09 bits per heavy atom. The molecule has 0 bridgehead atoms. The number of hydrogen-bond acceptors (Lipinski definition) is 5. The Morgan fingerprint density at radius 3 is 2.64 bits per heavy atom. The molecule has 0 saturated carbocycles. The number of aliphatic hydroxyl groups is 2. The zero-order valence-electron chi connectivity index (χ0n) is 6.30. The van der Waals surface area contributed by atoms with Crippen molar-refractivity contribution in [2.45, 2.75) is 24.5 Å². The van der Waals surface area contributed by atoms with Gasteiger partial charge in [-0.2, -0.15) is 0 Å². The van der Waals surface area contributed by atoms with Gasteiger partial charge in [-0.25, -0.2) is 0 Å². The van der Waals surface area contributed by atoms with Crippen LogP contribution in [0.4, 0.5) is 0 Å². The van der Waals surface area contributed by atoms with Gasteiger partial charge in [0.25, 0.3) is 0 Å². The standard InChI is InChI=1S/C6H13NO4/c1-10-6-5(9)4(8)3(7)2-11-6/h3-6,8-9H,2,7H2,1H3/t3-,4?,5?,6+/m0/s1. The van der Waals surface area contributed by atoms with E-state index in [4.69, 9.17) is 15.2 Å². The summed E-state index contributed by atoms with van der Waals surface area (Å²) >= 11 is 0. The Labute approximate surface area is 64.7 Å². The van der Waals surface area contributed by atoms with Crippen LogP contribution in [-0.4, -0.2) is 48.5 Å². The molecule has 0 spiro atoms. The summed E-state index contributed by atoms with van der Waals surface area (Å²) < 4.78 is 9.70. The van der Waals surface area contributed by atoms with Crippen molar-refractivity contribution in [2.24, 2.45) is 5.73 Å². The van der Waals surface area contributed by atoms with Crippen molar-refractivity contribution in [3.63, 3.8) is 0 Å². The lowest BCUT2D eigenvalue weighted by Gasteiger charge is -2.34. The molecule has 1 fully saturated rings. The predicted molar refractivity (Wildman–Crippen MR) is 36.7 cm³/mol. The van der Waals surface area contributed by atoms with Gasteiger partial charge in [0, 0.05) is 7.11 Å². The second-order valence-electron chi connectivity index (χ2n) is 2.58. The number of hydrogen-bond donors (Lipinski definition) is 3. The molecule has 66 valence electrons. The Bertz CT molecular complexity index is 130. The Balaban J connectivity index is 2.52. The molecule has 5 heteroatoms. The van der Waals surface area contributed by atoms with Gasteiger partial charge in [-0.15, -0.1) is 0 Å². The highest BCUT2D eigenvalue weighted by molar-refractivity contribution is 4.84. The average Bonchev–Trinajstić information content (AvgIpc) is 2.01. The van der Waals surface area contributed by atoms with Crippen LogP contribution in [0, 0.1) is 0 Å². The Kier molecular flexibility index (Phi) is 2.80. The van der Waals surface area contributed by atoms with Gasteiger partial charge in [0.15, 0.2) is 6.29 Å². The SMILES string of the molecule is CO[C@@H]1OC[C@H](N)C(O)C1O. The third-order valence-electron chi connectivity index (χ3n) is 1.75. The average molecular weight is 163 g/mol. The first-order chi connectivity index (χ1) is 5.16. The van der Waals surface area contributed by atoms with E-state index in [0.717, 1.165) is 0 Å². The van der Waals surface area contributed by atoms with Crippen molar-refractivity contribution in [3.8, 4) is 0 Å². The molecule has 5 nitrogen and oxygen atoms in total. The molecule has 0 radical (unpaired) electrons. The molecule has 0 aromatic heterocycles. The van der Waals surface area contributed by atoms with Crippen LogP contribution in [0.5, 0.6) is 0 Å². The first-order valence-electron chi connectivity index (χ1n) is 3.43. The zero-order valence-corrected chi connectivity index (χ0v) is 6.30.